The van der Waals surface area contributed by atoms with E-state index in [0.29, 0.717) is 18.0 Å². The lowest BCUT2D eigenvalue weighted by Crippen LogP contribution is -2.21. The summed E-state index contributed by atoms with van der Waals surface area (Å²) in [4.78, 5) is 20.4. The first kappa shape index (κ1) is 24.2. The molecule has 31 heavy (non-hydrogen) atoms. The van der Waals surface area contributed by atoms with E-state index in [0.717, 1.165) is 0 Å². The zero-order valence-corrected chi connectivity index (χ0v) is 17.4. The Kier molecular flexibility index (Phi) is 8.01. The number of aromatic nitrogens is 2. The second kappa shape index (κ2) is 10.3. The van der Waals surface area contributed by atoms with E-state index in [1.165, 1.54) is 24.4 Å². The molecule has 3 aromatic rings. The van der Waals surface area contributed by atoms with Gasteiger partial charge in [0.2, 0.25) is 11.7 Å². The van der Waals surface area contributed by atoms with Crippen molar-refractivity contribution in [2.75, 3.05) is 24.4 Å². The Balaban J connectivity index is 0.00000341. The third kappa shape index (κ3) is 6.19. The van der Waals surface area contributed by atoms with E-state index in [2.05, 4.69) is 20.6 Å². The monoisotopic (exact) mass is 456 g/mol. The molecule has 2 aromatic heterocycles. The molecule has 0 spiro atoms. The van der Waals surface area contributed by atoms with Crippen LogP contribution < -0.4 is 10.6 Å². The fourth-order valence-electron chi connectivity index (χ4n) is 2.66. The SMILES string of the molecule is COC[C@H](C)Nc1ccc(NC(=O)c2nc(-c3ccccc3)oc2C(F)(F)F)cn1.Cl. The Bertz CT molecular complexity index is 995. The number of carbonyl (C=O) groups excluding carboxylic acids is 1. The van der Waals surface area contributed by atoms with Gasteiger partial charge in [0.05, 0.1) is 18.5 Å². The molecule has 0 saturated carbocycles. The van der Waals surface area contributed by atoms with Crippen molar-refractivity contribution in [1.82, 2.24) is 9.97 Å². The van der Waals surface area contributed by atoms with Gasteiger partial charge in [0.1, 0.15) is 5.82 Å². The molecule has 0 aliphatic carbocycles. The second-order valence-corrected chi connectivity index (χ2v) is 6.45. The first-order valence-corrected chi connectivity index (χ1v) is 8.94. The van der Waals surface area contributed by atoms with Crippen LogP contribution in [0, 0.1) is 0 Å². The van der Waals surface area contributed by atoms with Crippen molar-refractivity contribution in [3.63, 3.8) is 0 Å². The smallest absolute Gasteiger partial charge is 0.431 e. The quantitative estimate of drug-likeness (QED) is 0.527. The van der Waals surface area contributed by atoms with Gasteiger partial charge in [0, 0.05) is 18.7 Å². The number of rotatable bonds is 7. The molecule has 1 amide bonds. The van der Waals surface area contributed by atoms with Gasteiger partial charge in [-0.3, -0.25) is 4.79 Å². The molecule has 2 heterocycles. The minimum atomic E-state index is -4.88. The van der Waals surface area contributed by atoms with E-state index in [9.17, 15) is 18.0 Å². The number of methoxy groups -OCH3 is 1. The van der Waals surface area contributed by atoms with E-state index in [1.807, 2.05) is 6.92 Å². The van der Waals surface area contributed by atoms with Gasteiger partial charge in [-0.1, -0.05) is 18.2 Å². The van der Waals surface area contributed by atoms with Crippen molar-refractivity contribution >= 4 is 29.8 Å². The van der Waals surface area contributed by atoms with Crippen LogP contribution in [0.5, 0.6) is 0 Å². The van der Waals surface area contributed by atoms with Crippen LogP contribution in [0.4, 0.5) is 24.7 Å². The summed E-state index contributed by atoms with van der Waals surface area (Å²) in [5.41, 5.74) is -0.316. The highest BCUT2D eigenvalue weighted by molar-refractivity contribution is 6.04. The minimum Gasteiger partial charge on any atom is -0.431 e. The highest BCUT2D eigenvalue weighted by Crippen LogP contribution is 2.35. The first-order chi connectivity index (χ1) is 14.3. The predicted octanol–water partition coefficient (Wildman–Crippen LogP) is 4.88. The molecule has 1 aromatic carbocycles. The van der Waals surface area contributed by atoms with Gasteiger partial charge in [0.15, 0.2) is 5.69 Å². The zero-order chi connectivity index (χ0) is 21.7. The summed E-state index contributed by atoms with van der Waals surface area (Å²) < 4.78 is 50.0. The van der Waals surface area contributed by atoms with Gasteiger partial charge >= 0.3 is 6.18 Å². The Labute approximate surface area is 182 Å². The molecule has 3 rings (SSSR count). The van der Waals surface area contributed by atoms with Crippen LogP contribution in [0.25, 0.3) is 11.5 Å². The maximum atomic E-state index is 13.4. The fraction of sp³-hybridized carbons (Fsp3) is 0.250. The van der Waals surface area contributed by atoms with Gasteiger partial charge in [-0.15, -0.1) is 12.4 Å². The van der Waals surface area contributed by atoms with Crippen molar-refractivity contribution in [3.05, 3.63) is 60.1 Å². The standard InChI is InChI=1S/C20H19F3N4O3.ClH/c1-12(11-29-2)25-15-9-8-14(10-24-15)26-18(28)16-17(20(21,22)23)30-19(27-16)13-6-4-3-5-7-13;/h3-10,12H,11H2,1-2H3,(H,24,25)(H,26,28);1H/t12-;/m0./s1. The van der Waals surface area contributed by atoms with Crippen molar-refractivity contribution < 1.29 is 27.1 Å². The number of nitrogens with one attached hydrogen (secondary N) is 2. The molecule has 0 aliphatic rings. The lowest BCUT2D eigenvalue weighted by atomic mass is 10.2. The van der Waals surface area contributed by atoms with Gasteiger partial charge in [0.25, 0.3) is 5.91 Å². The third-order valence-corrected chi connectivity index (χ3v) is 3.95. The Morgan fingerprint density at radius 3 is 2.48 bits per heavy atom. The summed E-state index contributed by atoms with van der Waals surface area (Å²) in [6.07, 6.45) is -3.55. The molecule has 2 N–H and O–H groups in total. The minimum absolute atomic E-state index is 0. The Morgan fingerprint density at radius 2 is 1.90 bits per heavy atom. The van der Waals surface area contributed by atoms with E-state index in [-0.39, 0.29) is 30.0 Å². The third-order valence-electron chi connectivity index (χ3n) is 3.95. The van der Waals surface area contributed by atoms with Gasteiger partial charge in [-0.05, 0) is 31.2 Å². The lowest BCUT2D eigenvalue weighted by molar-refractivity contribution is -0.153. The van der Waals surface area contributed by atoms with E-state index in [4.69, 9.17) is 9.15 Å². The first-order valence-electron chi connectivity index (χ1n) is 8.94. The number of benzene rings is 1. The maximum Gasteiger partial charge on any atom is 0.452 e. The number of nitrogens with zero attached hydrogens (tertiary/aromatic N) is 2. The second-order valence-electron chi connectivity index (χ2n) is 6.45. The molecule has 1 atom stereocenters. The lowest BCUT2D eigenvalue weighted by Gasteiger charge is -2.13. The number of anilines is 2. The molecule has 166 valence electrons. The summed E-state index contributed by atoms with van der Waals surface area (Å²) in [7, 11) is 1.58. The van der Waals surface area contributed by atoms with Crippen molar-refractivity contribution in [1.29, 1.82) is 0 Å². The summed E-state index contributed by atoms with van der Waals surface area (Å²) >= 11 is 0. The number of alkyl halides is 3. The number of amides is 1. The average Bonchev–Trinajstić information content (AvgIpc) is 3.17. The van der Waals surface area contributed by atoms with Crippen LogP contribution >= 0.6 is 12.4 Å². The number of oxazole rings is 1. The largest absolute Gasteiger partial charge is 0.452 e. The van der Waals surface area contributed by atoms with Gasteiger partial charge < -0.3 is 19.8 Å². The predicted molar refractivity (Wildman–Crippen MR) is 111 cm³/mol. The molecule has 0 unspecified atom stereocenters. The topological polar surface area (TPSA) is 89.3 Å². The fourth-order valence-corrected chi connectivity index (χ4v) is 2.66. The zero-order valence-electron chi connectivity index (χ0n) is 16.6. The van der Waals surface area contributed by atoms with Crippen LogP contribution in [-0.4, -0.2) is 35.6 Å². The molecule has 0 saturated heterocycles. The Morgan fingerprint density at radius 1 is 1.19 bits per heavy atom. The summed E-state index contributed by atoms with van der Waals surface area (Å²) in [6.45, 7) is 2.37. The number of hydrogen-bond donors (Lipinski definition) is 2. The number of ether oxygens (including phenoxy) is 1. The number of hydrogen-bond acceptors (Lipinski definition) is 6. The molecule has 0 aliphatic heterocycles. The van der Waals surface area contributed by atoms with E-state index in [1.54, 1.807) is 31.4 Å². The summed E-state index contributed by atoms with van der Waals surface area (Å²) in [5.74, 6) is -2.28. The molecular weight excluding hydrogens is 437 g/mol. The molecule has 7 nitrogen and oxygen atoms in total. The van der Waals surface area contributed by atoms with Crippen molar-refractivity contribution in [2.45, 2.75) is 19.1 Å². The molecule has 0 bridgehead atoms. The van der Waals surface area contributed by atoms with Crippen molar-refractivity contribution in [3.8, 4) is 11.5 Å². The van der Waals surface area contributed by atoms with Crippen LogP contribution in [0.1, 0.15) is 23.2 Å². The van der Waals surface area contributed by atoms with E-state index >= 15 is 0 Å². The number of halogens is 4. The number of carbonyl (C=O) groups is 1. The van der Waals surface area contributed by atoms with Gasteiger partial charge in [-0.25, -0.2) is 9.97 Å². The Hall–Kier alpha value is -3.11. The van der Waals surface area contributed by atoms with Crippen LogP contribution in [0.15, 0.2) is 53.1 Å². The number of pyridine rings is 1. The van der Waals surface area contributed by atoms with Crippen LogP contribution in [-0.2, 0) is 10.9 Å². The maximum absolute atomic E-state index is 13.4. The molecular formula is C20H20ClF3N4O3. The molecule has 11 heteroatoms. The molecule has 0 radical (unpaired) electrons. The average molecular weight is 457 g/mol. The van der Waals surface area contributed by atoms with Crippen LogP contribution in [0.3, 0.4) is 0 Å². The molecule has 0 fully saturated rings. The van der Waals surface area contributed by atoms with Crippen molar-refractivity contribution in [2.24, 2.45) is 0 Å². The summed E-state index contributed by atoms with van der Waals surface area (Å²) in [5, 5.41) is 5.45. The van der Waals surface area contributed by atoms with Crippen LogP contribution in [0.2, 0.25) is 0 Å². The highest BCUT2D eigenvalue weighted by Gasteiger charge is 2.42. The normalized spacial score (nSPS) is 12.0. The highest BCUT2D eigenvalue weighted by atomic mass is 35.5. The van der Waals surface area contributed by atoms with E-state index < -0.39 is 23.5 Å². The summed E-state index contributed by atoms with van der Waals surface area (Å²) in [6, 6.07) is 11.1. The van der Waals surface area contributed by atoms with Gasteiger partial charge in [-0.2, -0.15) is 13.2 Å².